The van der Waals surface area contributed by atoms with Crippen LogP contribution in [0.3, 0.4) is 0 Å². The van der Waals surface area contributed by atoms with E-state index in [0.717, 1.165) is 41.9 Å². The van der Waals surface area contributed by atoms with Crippen LogP contribution in [0.15, 0.2) is 136 Å². The van der Waals surface area contributed by atoms with E-state index in [2.05, 4.69) is 68.9 Å². The van der Waals surface area contributed by atoms with Gasteiger partial charge in [0.25, 0.3) is 31.7 Å². The fourth-order valence-corrected chi connectivity index (χ4v) is 14.0. The number of rotatable bonds is 21. The number of sulfonamides is 1. The van der Waals surface area contributed by atoms with Gasteiger partial charge in [-0.15, -0.1) is 11.8 Å². The van der Waals surface area contributed by atoms with Crippen molar-refractivity contribution in [3.05, 3.63) is 154 Å². The molecule has 2 saturated heterocycles. The van der Waals surface area contributed by atoms with Crippen LogP contribution in [-0.2, 0) is 36.0 Å². The molecular weight excluding hydrogens is 1160 g/mol. The number of benzene rings is 5. The maximum absolute atomic E-state index is 14.4. The van der Waals surface area contributed by atoms with Gasteiger partial charge in [-0.3, -0.25) is 29.4 Å². The Hall–Kier alpha value is -6.71. The normalized spacial score (nSPS) is 18.1. The average Bonchev–Trinajstić information content (AvgIpc) is 2.97. The third-order valence-corrected chi connectivity index (χ3v) is 19.8. The number of halogens is 4. The Balaban J connectivity index is 0.805. The zero-order valence-corrected chi connectivity index (χ0v) is 49.7. The maximum Gasteiger partial charge on any atom is 0.501 e. The third kappa shape index (κ3) is 15.4. The molecule has 1 unspecified atom stereocenters. The second kappa shape index (κ2) is 26.7. The van der Waals surface area contributed by atoms with E-state index in [-0.39, 0.29) is 42.2 Å². The molecular formula is C61H66ClF3N8O8S3. The molecule has 9 rings (SSSR count). The molecule has 0 bridgehead atoms. The molecule has 0 radical (unpaired) electrons. The highest BCUT2D eigenvalue weighted by atomic mass is 35.5. The van der Waals surface area contributed by atoms with Gasteiger partial charge in [-0.05, 0) is 133 Å². The van der Waals surface area contributed by atoms with Gasteiger partial charge in [-0.2, -0.15) is 13.2 Å². The number of anilines is 2. The Bertz CT molecular complexity index is 3590. The minimum atomic E-state index is -6.14. The van der Waals surface area contributed by atoms with E-state index in [1.807, 2.05) is 53.3 Å². The summed E-state index contributed by atoms with van der Waals surface area (Å²) in [5.41, 5.74) is 0.253. The number of hydrogen-bond acceptors (Lipinski definition) is 14. The second-order valence-electron chi connectivity index (χ2n) is 22.1. The second-order valence-corrected chi connectivity index (χ2v) is 27.2. The predicted molar refractivity (Wildman–Crippen MR) is 320 cm³/mol. The number of thioether (sulfide) groups is 1. The topological polar surface area (TPSA) is 206 Å². The number of amides is 4. The van der Waals surface area contributed by atoms with E-state index in [1.165, 1.54) is 45.5 Å². The molecule has 4 aliphatic rings. The summed E-state index contributed by atoms with van der Waals surface area (Å²) in [4.78, 5) is 55.5. The molecule has 84 heavy (non-hydrogen) atoms. The Kier molecular flexibility index (Phi) is 19.6. The van der Waals surface area contributed by atoms with Crippen LogP contribution in [-0.4, -0.2) is 137 Å². The SMILES string of the molecule is CC1(C)CCC(c2ccc(Cl)cc2)=C(CNCCNc2ccc(C(=O)NS(=O)(=O)c3ccc(N[C@H](CCN4CCN(CC#Cc5cccc6c5CN(C5CCC(=O)NC5=O)C6=O)CC4)CSc4ccccc4)c(S(=O)(=O)C(F)(F)F)c3)cc2)C1. The summed E-state index contributed by atoms with van der Waals surface area (Å²) in [5.74, 6) is 4.53. The number of carbonyl (C=O) groups excluding carboxylic acids is 4. The number of carbonyl (C=O) groups is 4. The standard InChI is InChI=1S/C61H66ClF3N8O8S3/c1-60(2)27-25-50(42-13-17-45(62)18-14-42)44(37-60)38-66-28-29-67-46-19-15-43(16-20-46)57(75)70-84(80,81)49-21-22-53(55(36-49)83(78,79)61(63,64)65)68-47(40-82-48-10-4-3-5-11-48)26-31-72-34-32-71(33-35-72)30-7-9-41-8-6-12-51-52(41)39-73(59(51)77)54-23-24-56(74)69-58(54)76/h3-6,8,10-22,36,47,54,66-68H,23-35,37-40H2,1-2H3,(H,70,75)(H,69,74,76)/t47-,54?/m1/s1. The van der Waals surface area contributed by atoms with Gasteiger partial charge in [-0.25, -0.2) is 21.6 Å². The summed E-state index contributed by atoms with van der Waals surface area (Å²) in [6.45, 7) is 10.1. The van der Waals surface area contributed by atoms with E-state index in [9.17, 15) is 49.2 Å². The number of imide groups is 1. The Morgan fingerprint density at radius 3 is 2.31 bits per heavy atom. The van der Waals surface area contributed by atoms with Crippen molar-refractivity contribution in [2.45, 2.75) is 91.2 Å². The molecule has 3 heterocycles. The number of allylic oxidation sites excluding steroid dienone is 1. The van der Waals surface area contributed by atoms with Gasteiger partial charge in [0.2, 0.25) is 11.8 Å². The molecule has 1 aliphatic carbocycles. The molecule has 4 amide bonds. The van der Waals surface area contributed by atoms with Crippen molar-refractivity contribution in [3.8, 4) is 11.8 Å². The summed E-state index contributed by atoms with van der Waals surface area (Å²) in [6, 6.07) is 29.5. The zero-order valence-electron chi connectivity index (χ0n) is 46.5. The minimum Gasteiger partial charge on any atom is -0.384 e. The van der Waals surface area contributed by atoms with Gasteiger partial charge < -0.3 is 25.8 Å². The van der Waals surface area contributed by atoms with Crippen LogP contribution in [0.2, 0.25) is 5.02 Å². The van der Waals surface area contributed by atoms with E-state index >= 15 is 0 Å². The van der Waals surface area contributed by atoms with E-state index in [1.54, 1.807) is 24.3 Å². The highest BCUT2D eigenvalue weighted by Gasteiger charge is 2.49. The Morgan fingerprint density at radius 1 is 0.869 bits per heavy atom. The molecule has 0 spiro atoms. The monoisotopic (exact) mass is 1230 g/mol. The first-order valence-corrected chi connectivity index (χ1v) is 32.1. The molecule has 0 aromatic heterocycles. The lowest BCUT2D eigenvalue weighted by Gasteiger charge is -2.34. The average molecular weight is 1230 g/mol. The van der Waals surface area contributed by atoms with E-state index < -0.39 is 64.7 Å². The highest BCUT2D eigenvalue weighted by molar-refractivity contribution is 7.99. The van der Waals surface area contributed by atoms with Crippen molar-refractivity contribution < 1.29 is 49.2 Å². The van der Waals surface area contributed by atoms with Gasteiger partial charge in [0, 0.05) is 109 Å². The number of piperidine rings is 1. The van der Waals surface area contributed by atoms with Gasteiger partial charge in [0.15, 0.2) is 0 Å². The summed E-state index contributed by atoms with van der Waals surface area (Å²) in [6.07, 6.45) is 3.79. The van der Waals surface area contributed by atoms with Crippen LogP contribution >= 0.6 is 23.4 Å². The lowest BCUT2D eigenvalue weighted by molar-refractivity contribution is -0.136. The fraction of sp³-hybridized carbons (Fsp3) is 0.377. The molecule has 0 saturated carbocycles. The predicted octanol–water partition coefficient (Wildman–Crippen LogP) is 8.81. The van der Waals surface area contributed by atoms with Crippen LogP contribution in [0, 0.1) is 17.3 Å². The number of alkyl halides is 3. The molecule has 3 aliphatic heterocycles. The summed E-state index contributed by atoms with van der Waals surface area (Å²) >= 11 is 7.57. The summed E-state index contributed by atoms with van der Waals surface area (Å²) in [7, 11) is -11.1. The number of fused-ring (bicyclic) bond motifs is 1. The van der Waals surface area contributed by atoms with Gasteiger partial charge >= 0.3 is 5.51 Å². The van der Waals surface area contributed by atoms with Crippen molar-refractivity contribution in [3.63, 3.8) is 0 Å². The van der Waals surface area contributed by atoms with E-state index in [0.29, 0.717) is 99.0 Å². The molecule has 2 atom stereocenters. The molecule has 23 heteroatoms. The van der Waals surface area contributed by atoms with Gasteiger partial charge in [0.05, 0.1) is 17.1 Å². The lowest BCUT2D eigenvalue weighted by Crippen LogP contribution is -2.52. The highest BCUT2D eigenvalue weighted by Crippen LogP contribution is 2.43. The quantitative estimate of drug-likeness (QED) is 0.0202. The lowest BCUT2D eigenvalue weighted by atomic mass is 9.73. The van der Waals surface area contributed by atoms with E-state index in [4.69, 9.17) is 11.6 Å². The molecule has 16 nitrogen and oxygen atoms in total. The maximum atomic E-state index is 14.4. The molecule has 5 aromatic carbocycles. The molecule has 2 fully saturated rings. The van der Waals surface area contributed by atoms with Gasteiger partial charge in [-0.1, -0.05) is 79.3 Å². The van der Waals surface area contributed by atoms with Crippen molar-refractivity contribution >= 4 is 83.8 Å². The van der Waals surface area contributed by atoms with Crippen LogP contribution in [0.1, 0.15) is 89.8 Å². The van der Waals surface area contributed by atoms with Crippen molar-refractivity contribution in [2.24, 2.45) is 5.41 Å². The summed E-state index contributed by atoms with van der Waals surface area (Å²) < 4.78 is 99.2. The zero-order chi connectivity index (χ0) is 59.8. The van der Waals surface area contributed by atoms with Crippen molar-refractivity contribution in [1.82, 2.24) is 30.1 Å². The van der Waals surface area contributed by atoms with Crippen LogP contribution in [0.4, 0.5) is 24.5 Å². The number of nitrogens with one attached hydrogen (secondary N) is 5. The third-order valence-electron chi connectivity index (χ3n) is 15.5. The van der Waals surface area contributed by atoms with Crippen LogP contribution in [0.5, 0.6) is 0 Å². The first-order chi connectivity index (χ1) is 40.0. The Morgan fingerprint density at radius 2 is 1.60 bits per heavy atom. The molecule has 444 valence electrons. The Labute approximate surface area is 497 Å². The van der Waals surface area contributed by atoms with Gasteiger partial charge in [0.1, 0.15) is 10.9 Å². The number of nitrogens with zero attached hydrogens (tertiary/aromatic N) is 3. The number of piperazine rings is 1. The van der Waals surface area contributed by atoms with Crippen LogP contribution in [0.25, 0.3) is 5.57 Å². The first-order valence-electron chi connectivity index (χ1n) is 27.7. The smallest absolute Gasteiger partial charge is 0.384 e. The van der Waals surface area contributed by atoms with Crippen molar-refractivity contribution in [2.75, 3.05) is 75.3 Å². The first kappa shape index (κ1) is 61.8. The fourth-order valence-electron chi connectivity index (χ4n) is 10.8. The minimum absolute atomic E-state index is 0.0626. The summed E-state index contributed by atoms with van der Waals surface area (Å²) in [5, 5.41) is 12.8. The van der Waals surface area contributed by atoms with Crippen LogP contribution < -0.4 is 26.0 Å². The molecule has 5 N–H and O–H groups in total. The number of sulfone groups is 1. The largest absolute Gasteiger partial charge is 0.501 e. The van der Waals surface area contributed by atoms with Crippen molar-refractivity contribution in [1.29, 1.82) is 0 Å². The number of hydrogen-bond donors (Lipinski definition) is 5. The molecule has 5 aromatic rings.